The summed E-state index contributed by atoms with van der Waals surface area (Å²) < 4.78 is 7.15. The fourth-order valence-electron chi connectivity index (χ4n) is 1.57. The number of halogens is 1. The van der Waals surface area contributed by atoms with E-state index in [0.29, 0.717) is 5.15 Å². The molecule has 2 aromatic rings. The maximum Gasteiger partial charge on any atom is 0.143 e. The van der Waals surface area contributed by atoms with Gasteiger partial charge in [-0.2, -0.15) is 0 Å². The summed E-state index contributed by atoms with van der Waals surface area (Å²) in [5, 5.41) is 0.613. The van der Waals surface area contributed by atoms with Crippen LogP contribution in [0, 0.1) is 13.8 Å². The maximum absolute atomic E-state index is 6.16. The van der Waals surface area contributed by atoms with Gasteiger partial charge in [0, 0.05) is 0 Å². The van der Waals surface area contributed by atoms with E-state index in [4.69, 9.17) is 16.3 Å². The average Bonchev–Trinajstić information content (AvgIpc) is 2.72. The van der Waals surface area contributed by atoms with E-state index in [1.54, 1.807) is 13.4 Å². The second-order valence-electron chi connectivity index (χ2n) is 3.67. The molecular weight excluding hydrogens is 248 g/mol. The van der Waals surface area contributed by atoms with Crippen molar-refractivity contribution in [3.05, 3.63) is 40.9 Å². The highest BCUT2D eigenvalue weighted by atomic mass is 35.5. The number of ether oxygens (including phenoxy) is 1. The average molecular weight is 267 g/mol. The van der Waals surface area contributed by atoms with Gasteiger partial charge in [0.05, 0.1) is 18.5 Å². The zero-order valence-electron chi connectivity index (χ0n) is 11.5. The van der Waals surface area contributed by atoms with Crippen LogP contribution >= 0.6 is 11.6 Å². The Hall–Kier alpha value is -1.48. The Bertz CT molecular complexity index is 521. The zero-order chi connectivity index (χ0) is 13.7. The van der Waals surface area contributed by atoms with Gasteiger partial charge in [-0.3, -0.25) is 4.57 Å². The molecule has 0 aliphatic heterocycles. The summed E-state index contributed by atoms with van der Waals surface area (Å²) in [6.45, 7) is 7.90. The summed E-state index contributed by atoms with van der Waals surface area (Å²) in [6.07, 6.45) is 1.70. The second-order valence-corrected chi connectivity index (χ2v) is 4.02. The zero-order valence-corrected chi connectivity index (χ0v) is 12.2. The van der Waals surface area contributed by atoms with Crippen molar-refractivity contribution in [1.29, 1.82) is 0 Å². The molecule has 0 spiro atoms. The molecule has 0 saturated heterocycles. The van der Waals surface area contributed by atoms with Crippen LogP contribution in [0.4, 0.5) is 0 Å². The fraction of sp³-hybridized carbons (Fsp3) is 0.357. The van der Waals surface area contributed by atoms with Gasteiger partial charge in [-0.1, -0.05) is 31.5 Å². The van der Waals surface area contributed by atoms with Crippen LogP contribution < -0.4 is 4.74 Å². The molecule has 4 heteroatoms. The van der Waals surface area contributed by atoms with E-state index in [1.807, 2.05) is 50.5 Å². The van der Waals surface area contributed by atoms with Crippen LogP contribution in [0.25, 0.3) is 5.69 Å². The molecule has 0 radical (unpaired) electrons. The Labute approximate surface area is 113 Å². The molecule has 0 aliphatic rings. The van der Waals surface area contributed by atoms with Crippen molar-refractivity contribution in [2.45, 2.75) is 27.7 Å². The molecule has 98 valence electrons. The highest BCUT2D eigenvalue weighted by molar-refractivity contribution is 6.30. The lowest BCUT2D eigenvalue weighted by atomic mass is 10.2. The van der Waals surface area contributed by atoms with Crippen molar-refractivity contribution in [2.75, 3.05) is 7.11 Å². The van der Waals surface area contributed by atoms with E-state index in [1.165, 1.54) is 0 Å². The van der Waals surface area contributed by atoms with Crippen LogP contribution in [-0.4, -0.2) is 16.7 Å². The largest absolute Gasteiger partial charge is 0.495 e. The van der Waals surface area contributed by atoms with E-state index in [-0.39, 0.29) is 0 Å². The van der Waals surface area contributed by atoms with Gasteiger partial charge in [-0.25, -0.2) is 4.98 Å². The molecule has 0 N–H and O–H groups in total. The Morgan fingerprint density at radius 3 is 2.39 bits per heavy atom. The van der Waals surface area contributed by atoms with Crippen LogP contribution in [0.5, 0.6) is 5.75 Å². The number of aromatic nitrogens is 2. The summed E-state index contributed by atoms with van der Waals surface area (Å²) in [7, 11) is 1.65. The van der Waals surface area contributed by atoms with Gasteiger partial charge in [0.2, 0.25) is 0 Å². The lowest BCUT2D eigenvalue weighted by molar-refractivity contribution is 0.412. The number of benzene rings is 1. The monoisotopic (exact) mass is 266 g/mol. The molecular formula is C14H19ClN2O. The minimum Gasteiger partial charge on any atom is -0.495 e. The van der Waals surface area contributed by atoms with Crippen molar-refractivity contribution >= 4 is 11.6 Å². The van der Waals surface area contributed by atoms with Crippen LogP contribution in [0.2, 0.25) is 5.15 Å². The van der Waals surface area contributed by atoms with Gasteiger partial charge in [0.1, 0.15) is 17.2 Å². The van der Waals surface area contributed by atoms with Crippen molar-refractivity contribution in [1.82, 2.24) is 9.55 Å². The standard InChI is InChI=1S/C12H13ClN2O.C2H6/c1-8-4-5-10(11(6-8)16-3)15-7-14-9(2)12(15)13;1-2/h4-7H,1-3H3;1-2H3. The third kappa shape index (κ3) is 2.85. The summed E-state index contributed by atoms with van der Waals surface area (Å²) in [5.41, 5.74) is 2.86. The van der Waals surface area contributed by atoms with E-state index in [0.717, 1.165) is 22.7 Å². The van der Waals surface area contributed by atoms with Crippen LogP contribution in [-0.2, 0) is 0 Å². The van der Waals surface area contributed by atoms with Gasteiger partial charge in [0.25, 0.3) is 0 Å². The Morgan fingerprint density at radius 2 is 1.89 bits per heavy atom. The number of hydrogen-bond acceptors (Lipinski definition) is 2. The van der Waals surface area contributed by atoms with E-state index < -0.39 is 0 Å². The molecule has 0 atom stereocenters. The van der Waals surface area contributed by atoms with Crippen molar-refractivity contribution in [3.8, 4) is 11.4 Å². The van der Waals surface area contributed by atoms with E-state index in [2.05, 4.69) is 4.98 Å². The van der Waals surface area contributed by atoms with Gasteiger partial charge < -0.3 is 4.74 Å². The Kier molecular flexibility index (Phi) is 5.23. The number of aryl methyl sites for hydroxylation is 2. The van der Waals surface area contributed by atoms with Gasteiger partial charge in [0.15, 0.2) is 0 Å². The van der Waals surface area contributed by atoms with Crippen LogP contribution in [0.3, 0.4) is 0 Å². The molecule has 2 rings (SSSR count). The molecule has 3 nitrogen and oxygen atoms in total. The molecule has 1 aromatic heterocycles. The molecule has 0 amide bonds. The van der Waals surface area contributed by atoms with E-state index in [9.17, 15) is 0 Å². The van der Waals surface area contributed by atoms with Gasteiger partial charge >= 0.3 is 0 Å². The predicted molar refractivity (Wildman–Crippen MR) is 75.9 cm³/mol. The van der Waals surface area contributed by atoms with Crippen LogP contribution in [0.15, 0.2) is 24.5 Å². The molecule has 0 fully saturated rings. The fourth-order valence-corrected chi connectivity index (χ4v) is 1.76. The molecule has 0 aliphatic carbocycles. The van der Waals surface area contributed by atoms with Crippen LogP contribution in [0.1, 0.15) is 25.1 Å². The second kappa shape index (κ2) is 6.45. The third-order valence-corrected chi connectivity index (χ3v) is 2.93. The van der Waals surface area contributed by atoms with Gasteiger partial charge in [-0.15, -0.1) is 0 Å². The summed E-state index contributed by atoms with van der Waals surface area (Å²) >= 11 is 6.16. The highest BCUT2D eigenvalue weighted by Crippen LogP contribution is 2.27. The minimum atomic E-state index is 0.613. The first-order chi connectivity index (χ1) is 8.63. The molecule has 0 unspecified atom stereocenters. The first-order valence-electron chi connectivity index (χ1n) is 5.98. The molecule has 0 bridgehead atoms. The topological polar surface area (TPSA) is 27.1 Å². The summed E-state index contributed by atoms with van der Waals surface area (Å²) in [6, 6.07) is 5.96. The third-order valence-electron chi connectivity index (χ3n) is 2.47. The normalized spacial score (nSPS) is 9.67. The first kappa shape index (κ1) is 14.6. The minimum absolute atomic E-state index is 0.613. The van der Waals surface area contributed by atoms with Crippen molar-refractivity contribution in [2.24, 2.45) is 0 Å². The smallest absolute Gasteiger partial charge is 0.143 e. The number of hydrogen-bond donors (Lipinski definition) is 0. The summed E-state index contributed by atoms with van der Waals surface area (Å²) in [5.74, 6) is 0.791. The van der Waals surface area contributed by atoms with Gasteiger partial charge in [-0.05, 0) is 31.5 Å². The molecule has 0 saturated carbocycles. The Balaban J connectivity index is 0.000000771. The Morgan fingerprint density at radius 1 is 1.22 bits per heavy atom. The maximum atomic E-state index is 6.16. The summed E-state index contributed by atoms with van der Waals surface area (Å²) in [4.78, 5) is 4.17. The molecule has 18 heavy (non-hydrogen) atoms. The number of rotatable bonds is 2. The predicted octanol–water partition coefficient (Wildman–Crippen LogP) is 4.18. The SMILES string of the molecule is CC.COc1cc(C)ccc1-n1cnc(C)c1Cl. The quantitative estimate of drug-likeness (QED) is 0.815. The van der Waals surface area contributed by atoms with Crippen molar-refractivity contribution < 1.29 is 4.74 Å². The highest BCUT2D eigenvalue weighted by Gasteiger charge is 2.10. The first-order valence-corrected chi connectivity index (χ1v) is 6.35. The van der Waals surface area contributed by atoms with E-state index >= 15 is 0 Å². The number of nitrogens with zero attached hydrogens (tertiary/aromatic N) is 2. The number of imidazole rings is 1. The lowest BCUT2D eigenvalue weighted by Crippen LogP contribution is -1.97. The number of methoxy groups -OCH3 is 1. The molecule has 1 aromatic carbocycles. The molecule has 1 heterocycles. The lowest BCUT2D eigenvalue weighted by Gasteiger charge is -2.10. The van der Waals surface area contributed by atoms with Crippen molar-refractivity contribution in [3.63, 3.8) is 0 Å².